The average Bonchev–Trinajstić information content (AvgIpc) is 2.66. The van der Waals surface area contributed by atoms with Crippen molar-refractivity contribution in [3.63, 3.8) is 0 Å². The number of carbonyl (C=O) groups is 1. The molecule has 5 nitrogen and oxygen atoms in total. The number of carbonyl (C=O) groups excluding carboxylic acids is 1. The zero-order valence-electron chi connectivity index (χ0n) is 14.2. The van der Waals surface area contributed by atoms with Crippen molar-refractivity contribution in [2.24, 2.45) is 0 Å². The molecule has 25 heavy (non-hydrogen) atoms. The molecular weight excluding hydrogens is 314 g/mol. The predicted molar refractivity (Wildman–Crippen MR) is 98.5 cm³/mol. The molecule has 3 aromatic rings. The molecule has 1 heterocycles. The lowest BCUT2D eigenvalue weighted by Gasteiger charge is -2.18. The number of urea groups is 1. The molecule has 1 N–H and O–H groups in total. The molecule has 1 aromatic heterocycles. The largest absolute Gasteiger partial charge is 0.489 e. The third-order valence-electron chi connectivity index (χ3n) is 3.84. The van der Waals surface area contributed by atoms with Crippen LogP contribution in [0, 0.1) is 0 Å². The fourth-order valence-corrected chi connectivity index (χ4v) is 2.58. The van der Waals surface area contributed by atoms with E-state index in [0.717, 1.165) is 22.2 Å². The summed E-state index contributed by atoms with van der Waals surface area (Å²) in [5, 5.41) is 3.90. The normalized spacial score (nSPS) is 10.4. The minimum Gasteiger partial charge on any atom is -0.489 e. The molecule has 0 aliphatic carbocycles. The Hall–Kier alpha value is -3.08. The van der Waals surface area contributed by atoms with Crippen molar-refractivity contribution in [2.75, 3.05) is 20.2 Å². The van der Waals surface area contributed by atoms with Crippen LogP contribution >= 0.6 is 0 Å². The molecule has 0 atom stereocenters. The maximum Gasteiger partial charge on any atom is 0.317 e. The molecule has 5 heteroatoms. The topological polar surface area (TPSA) is 54.5 Å². The SMILES string of the molecule is CN(Cc1ccccc1)C(=O)NCCOc1cccc2cccnc12. The highest BCUT2D eigenvalue weighted by Crippen LogP contribution is 2.22. The van der Waals surface area contributed by atoms with Crippen LogP contribution in [0.3, 0.4) is 0 Å². The fourth-order valence-electron chi connectivity index (χ4n) is 2.58. The molecule has 0 radical (unpaired) electrons. The summed E-state index contributed by atoms with van der Waals surface area (Å²) in [6.07, 6.45) is 1.75. The van der Waals surface area contributed by atoms with Crippen LogP contribution in [0.1, 0.15) is 5.56 Å². The second-order valence-electron chi connectivity index (χ2n) is 5.75. The number of benzene rings is 2. The summed E-state index contributed by atoms with van der Waals surface area (Å²) < 4.78 is 5.77. The molecule has 2 aromatic carbocycles. The molecule has 0 saturated heterocycles. The maximum atomic E-state index is 12.1. The molecule has 0 spiro atoms. The third kappa shape index (κ3) is 4.47. The van der Waals surface area contributed by atoms with Gasteiger partial charge in [0.2, 0.25) is 0 Å². The lowest BCUT2D eigenvalue weighted by molar-refractivity contribution is 0.203. The quantitative estimate of drug-likeness (QED) is 0.702. The smallest absolute Gasteiger partial charge is 0.317 e. The molecule has 0 unspecified atom stereocenters. The zero-order chi connectivity index (χ0) is 17.5. The standard InChI is InChI=1S/C20H21N3O2/c1-23(15-16-7-3-2-4-8-16)20(24)22-13-14-25-18-11-5-9-17-10-6-12-21-19(17)18/h2-12H,13-15H2,1H3,(H,22,24). The molecule has 0 aliphatic rings. The van der Waals surface area contributed by atoms with Crippen LogP contribution in [-0.4, -0.2) is 36.1 Å². The highest BCUT2D eigenvalue weighted by molar-refractivity contribution is 5.84. The molecule has 0 bridgehead atoms. The van der Waals surface area contributed by atoms with Crippen LogP contribution in [0.25, 0.3) is 10.9 Å². The minimum absolute atomic E-state index is 0.122. The number of nitrogens with one attached hydrogen (secondary N) is 1. The van der Waals surface area contributed by atoms with Gasteiger partial charge in [-0.1, -0.05) is 48.5 Å². The minimum atomic E-state index is -0.122. The number of amides is 2. The second-order valence-corrected chi connectivity index (χ2v) is 5.75. The van der Waals surface area contributed by atoms with E-state index in [1.54, 1.807) is 18.1 Å². The first-order chi connectivity index (χ1) is 12.2. The van der Waals surface area contributed by atoms with Crippen molar-refractivity contribution in [1.82, 2.24) is 15.2 Å². The van der Waals surface area contributed by atoms with Gasteiger partial charge in [0.15, 0.2) is 0 Å². The summed E-state index contributed by atoms with van der Waals surface area (Å²) in [7, 11) is 1.78. The van der Waals surface area contributed by atoms with Crippen molar-refractivity contribution in [2.45, 2.75) is 6.54 Å². The van der Waals surface area contributed by atoms with E-state index in [1.807, 2.05) is 60.7 Å². The van der Waals surface area contributed by atoms with E-state index >= 15 is 0 Å². The van der Waals surface area contributed by atoms with Gasteiger partial charge < -0.3 is 15.0 Å². The van der Waals surface area contributed by atoms with Gasteiger partial charge in [0, 0.05) is 25.2 Å². The van der Waals surface area contributed by atoms with Crippen LogP contribution in [-0.2, 0) is 6.54 Å². The van der Waals surface area contributed by atoms with E-state index in [-0.39, 0.29) is 6.03 Å². The van der Waals surface area contributed by atoms with Crippen molar-refractivity contribution >= 4 is 16.9 Å². The van der Waals surface area contributed by atoms with Crippen LogP contribution in [0.5, 0.6) is 5.75 Å². The fraction of sp³-hybridized carbons (Fsp3) is 0.200. The highest BCUT2D eigenvalue weighted by Gasteiger charge is 2.08. The van der Waals surface area contributed by atoms with Gasteiger partial charge in [-0.25, -0.2) is 4.79 Å². The second kappa shape index (κ2) is 8.15. The van der Waals surface area contributed by atoms with E-state index in [0.29, 0.717) is 19.7 Å². The molecule has 2 amide bonds. The third-order valence-corrected chi connectivity index (χ3v) is 3.84. The molecule has 128 valence electrons. The number of para-hydroxylation sites is 1. The van der Waals surface area contributed by atoms with Gasteiger partial charge in [-0.15, -0.1) is 0 Å². The summed E-state index contributed by atoms with van der Waals surface area (Å²) in [6, 6.07) is 19.5. The first kappa shape index (κ1) is 16.8. The van der Waals surface area contributed by atoms with E-state index in [9.17, 15) is 4.79 Å². The van der Waals surface area contributed by atoms with Crippen molar-refractivity contribution in [1.29, 1.82) is 0 Å². The lowest BCUT2D eigenvalue weighted by Crippen LogP contribution is -2.38. The van der Waals surface area contributed by atoms with E-state index in [1.165, 1.54) is 0 Å². The number of hydrogen-bond donors (Lipinski definition) is 1. The van der Waals surface area contributed by atoms with Gasteiger partial charge in [0.25, 0.3) is 0 Å². The molecule has 0 fully saturated rings. The van der Waals surface area contributed by atoms with Gasteiger partial charge in [0.1, 0.15) is 17.9 Å². The first-order valence-electron chi connectivity index (χ1n) is 8.23. The Bertz CT molecular complexity index is 831. The van der Waals surface area contributed by atoms with Crippen molar-refractivity contribution < 1.29 is 9.53 Å². The zero-order valence-corrected chi connectivity index (χ0v) is 14.2. The number of ether oxygens (including phenoxy) is 1. The van der Waals surface area contributed by atoms with Gasteiger partial charge in [-0.05, 0) is 17.7 Å². The van der Waals surface area contributed by atoms with Gasteiger partial charge >= 0.3 is 6.03 Å². The number of rotatable bonds is 6. The lowest BCUT2D eigenvalue weighted by atomic mass is 10.2. The molecular formula is C20H21N3O2. The van der Waals surface area contributed by atoms with Gasteiger partial charge in [-0.3, -0.25) is 4.98 Å². The Kier molecular flexibility index (Phi) is 5.46. The van der Waals surface area contributed by atoms with Crippen LogP contribution in [0.15, 0.2) is 66.9 Å². The maximum absolute atomic E-state index is 12.1. The molecule has 0 aliphatic heterocycles. The number of hydrogen-bond acceptors (Lipinski definition) is 3. The number of aromatic nitrogens is 1. The van der Waals surface area contributed by atoms with E-state index in [2.05, 4.69) is 10.3 Å². The number of fused-ring (bicyclic) bond motifs is 1. The molecule has 0 saturated carbocycles. The Morgan fingerprint density at radius 1 is 1.08 bits per heavy atom. The highest BCUT2D eigenvalue weighted by atomic mass is 16.5. The Morgan fingerprint density at radius 3 is 2.72 bits per heavy atom. The molecule has 3 rings (SSSR count). The first-order valence-corrected chi connectivity index (χ1v) is 8.23. The summed E-state index contributed by atoms with van der Waals surface area (Å²) in [5.74, 6) is 0.727. The van der Waals surface area contributed by atoms with Crippen molar-refractivity contribution in [3.05, 3.63) is 72.4 Å². The summed E-state index contributed by atoms with van der Waals surface area (Å²) in [5.41, 5.74) is 1.93. The Labute approximate surface area is 147 Å². The predicted octanol–water partition coefficient (Wildman–Crippen LogP) is 3.46. The Balaban J connectivity index is 1.47. The van der Waals surface area contributed by atoms with Crippen molar-refractivity contribution in [3.8, 4) is 5.75 Å². The van der Waals surface area contributed by atoms with Crippen LogP contribution in [0.2, 0.25) is 0 Å². The monoisotopic (exact) mass is 335 g/mol. The summed E-state index contributed by atoms with van der Waals surface area (Å²) in [6.45, 7) is 1.39. The van der Waals surface area contributed by atoms with E-state index < -0.39 is 0 Å². The van der Waals surface area contributed by atoms with Crippen LogP contribution < -0.4 is 10.1 Å². The van der Waals surface area contributed by atoms with Gasteiger partial charge in [0.05, 0.1) is 6.54 Å². The number of nitrogens with zero attached hydrogens (tertiary/aromatic N) is 2. The van der Waals surface area contributed by atoms with E-state index in [4.69, 9.17) is 4.74 Å². The van der Waals surface area contributed by atoms with Gasteiger partial charge in [-0.2, -0.15) is 0 Å². The number of pyridine rings is 1. The summed E-state index contributed by atoms with van der Waals surface area (Å²) >= 11 is 0. The average molecular weight is 335 g/mol. The summed E-state index contributed by atoms with van der Waals surface area (Å²) in [4.78, 5) is 18.1. The van der Waals surface area contributed by atoms with Crippen LogP contribution in [0.4, 0.5) is 4.79 Å². The Morgan fingerprint density at radius 2 is 1.88 bits per heavy atom.